The van der Waals surface area contributed by atoms with E-state index in [1.54, 1.807) is 4.68 Å². The summed E-state index contributed by atoms with van der Waals surface area (Å²) in [5, 5.41) is 4.36. The van der Waals surface area contributed by atoms with Crippen LogP contribution in [0, 0.1) is 13.8 Å². The van der Waals surface area contributed by atoms with Gasteiger partial charge in [0.25, 0.3) is 0 Å². The largest absolute Gasteiger partial charge is 0.268 e. The highest BCUT2D eigenvalue weighted by Crippen LogP contribution is 2.29. The van der Waals surface area contributed by atoms with Crippen molar-refractivity contribution in [1.82, 2.24) is 9.78 Å². The maximum absolute atomic E-state index is 11.7. The molecule has 0 radical (unpaired) electrons. The van der Waals surface area contributed by atoms with Crippen LogP contribution in [0.4, 0.5) is 0 Å². The Morgan fingerprint density at radius 3 is 2.42 bits per heavy atom. The topological polar surface area (TPSA) is 52.0 Å². The summed E-state index contributed by atoms with van der Waals surface area (Å²) in [7, 11) is -2.97. The molecule has 0 saturated heterocycles. The summed E-state index contributed by atoms with van der Waals surface area (Å²) in [5.74, 6) is 0.383. The molecule has 0 bridgehead atoms. The van der Waals surface area contributed by atoms with Crippen LogP contribution in [0.3, 0.4) is 0 Å². The molecule has 0 aromatic carbocycles. The van der Waals surface area contributed by atoms with Gasteiger partial charge in [-0.15, -0.1) is 11.6 Å². The molecular formula is C13H23ClN2O2S. The second-order valence-corrected chi connectivity index (χ2v) is 7.67. The van der Waals surface area contributed by atoms with E-state index in [-0.39, 0.29) is 16.9 Å². The molecule has 0 aliphatic heterocycles. The van der Waals surface area contributed by atoms with Crippen LogP contribution in [-0.4, -0.2) is 29.7 Å². The van der Waals surface area contributed by atoms with E-state index in [0.29, 0.717) is 13.0 Å². The molecule has 19 heavy (non-hydrogen) atoms. The van der Waals surface area contributed by atoms with Crippen LogP contribution >= 0.6 is 11.6 Å². The second kappa shape index (κ2) is 6.75. The Balaban J connectivity index is 2.87. The number of aromatic nitrogens is 2. The molecule has 0 aliphatic rings. The first kappa shape index (κ1) is 16.5. The van der Waals surface area contributed by atoms with Crippen molar-refractivity contribution in [3.63, 3.8) is 0 Å². The van der Waals surface area contributed by atoms with Crippen LogP contribution in [0.2, 0.25) is 0 Å². The van der Waals surface area contributed by atoms with Crippen LogP contribution in [0.15, 0.2) is 0 Å². The van der Waals surface area contributed by atoms with E-state index >= 15 is 0 Å². The van der Waals surface area contributed by atoms with Crippen molar-refractivity contribution in [3.8, 4) is 0 Å². The first-order chi connectivity index (χ1) is 8.82. The third-order valence-electron chi connectivity index (χ3n) is 3.24. The number of rotatable bonds is 7. The zero-order chi connectivity index (χ0) is 14.6. The van der Waals surface area contributed by atoms with Gasteiger partial charge in [0, 0.05) is 17.0 Å². The lowest BCUT2D eigenvalue weighted by Crippen LogP contribution is -2.17. The lowest BCUT2D eigenvalue weighted by molar-refractivity contribution is 0.575. The molecule has 1 aromatic rings. The Hall–Kier alpha value is -0.550. The first-order valence-corrected chi connectivity index (χ1v) is 8.96. The van der Waals surface area contributed by atoms with Gasteiger partial charge < -0.3 is 0 Å². The fourth-order valence-corrected chi connectivity index (χ4v) is 3.82. The van der Waals surface area contributed by atoms with Crippen molar-refractivity contribution in [3.05, 3.63) is 17.0 Å². The van der Waals surface area contributed by atoms with Crippen molar-refractivity contribution >= 4 is 21.4 Å². The molecule has 1 rings (SSSR count). The van der Waals surface area contributed by atoms with Crippen molar-refractivity contribution < 1.29 is 8.42 Å². The highest BCUT2D eigenvalue weighted by atomic mass is 35.5. The average molecular weight is 307 g/mol. The van der Waals surface area contributed by atoms with E-state index in [0.717, 1.165) is 23.4 Å². The zero-order valence-corrected chi connectivity index (χ0v) is 13.7. The quantitative estimate of drug-likeness (QED) is 0.728. The molecule has 1 aromatic heterocycles. The van der Waals surface area contributed by atoms with E-state index in [9.17, 15) is 8.42 Å². The second-order valence-electron chi connectivity index (χ2n) is 4.84. The standard InChI is InChI=1S/C13H23ClN2O2S/c1-5-8-19(17,18)9-7-16-11(4)13(10(3)15-16)12(14)6-2/h12H,5-9H2,1-4H3. The predicted octanol–water partition coefficient (Wildman–Crippen LogP) is 3.01. The van der Waals surface area contributed by atoms with Crippen LogP contribution in [-0.2, 0) is 16.4 Å². The highest BCUT2D eigenvalue weighted by Gasteiger charge is 2.19. The van der Waals surface area contributed by atoms with Crippen LogP contribution in [0.5, 0.6) is 0 Å². The molecular weight excluding hydrogens is 284 g/mol. The van der Waals surface area contributed by atoms with Gasteiger partial charge in [0.05, 0.1) is 23.4 Å². The van der Waals surface area contributed by atoms with E-state index in [1.807, 2.05) is 27.7 Å². The monoisotopic (exact) mass is 306 g/mol. The minimum atomic E-state index is -2.97. The number of hydrogen-bond donors (Lipinski definition) is 0. The Morgan fingerprint density at radius 1 is 1.26 bits per heavy atom. The zero-order valence-electron chi connectivity index (χ0n) is 12.1. The van der Waals surface area contributed by atoms with E-state index in [2.05, 4.69) is 5.10 Å². The number of nitrogens with zero attached hydrogens (tertiary/aromatic N) is 2. The van der Waals surface area contributed by atoms with Gasteiger partial charge in [-0.1, -0.05) is 13.8 Å². The summed E-state index contributed by atoms with van der Waals surface area (Å²) in [6, 6.07) is 0. The van der Waals surface area contributed by atoms with Crippen LogP contribution in [0.1, 0.15) is 49.0 Å². The molecule has 0 N–H and O–H groups in total. The van der Waals surface area contributed by atoms with Gasteiger partial charge in [-0.2, -0.15) is 5.10 Å². The lowest BCUT2D eigenvalue weighted by Gasteiger charge is -2.08. The van der Waals surface area contributed by atoms with Gasteiger partial charge in [-0.05, 0) is 26.7 Å². The van der Waals surface area contributed by atoms with Gasteiger partial charge in [0.15, 0.2) is 9.84 Å². The molecule has 1 atom stereocenters. The third kappa shape index (κ3) is 4.21. The van der Waals surface area contributed by atoms with Crippen molar-refractivity contribution in [1.29, 1.82) is 0 Å². The summed E-state index contributed by atoms with van der Waals surface area (Å²) in [6.45, 7) is 8.18. The molecule has 0 spiro atoms. The maximum atomic E-state index is 11.7. The molecule has 0 aliphatic carbocycles. The van der Waals surface area contributed by atoms with Crippen LogP contribution < -0.4 is 0 Å². The SMILES string of the molecule is CCCS(=O)(=O)CCn1nc(C)c(C(Cl)CC)c1C. The average Bonchev–Trinajstić information content (AvgIpc) is 2.61. The minimum absolute atomic E-state index is 0.0546. The minimum Gasteiger partial charge on any atom is -0.268 e. The van der Waals surface area contributed by atoms with Gasteiger partial charge >= 0.3 is 0 Å². The maximum Gasteiger partial charge on any atom is 0.152 e. The van der Waals surface area contributed by atoms with Gasteiger partial charge in [0.1, 0.15) is 0 Å². The molecule has 110 valence electrons. The summed E-state index contributed by atoms with van der Waals surface area (Å²) < 4.78 is 25.2. The molecule has 6 heteroatoms. The molecule has 0 fully saturated rings. The lowest BCUT2D eigenvalue weighted by atomic mass is 10.1. The van der Waals surface area contributed by atoms with Gasteiger partial charge in [-0.25, -0.2) is 8.42 Å². The van der Waals surface area contributed by atoms with Crippen molar-refractivity contribution in [2.75, 3.05) is 11.5 Å². The highest BCUT2D eigenvalue weighted by molar-refractivity contribution is 7.91. The molecule has 4 nitrogen and oxygen atoms in total. The molecule has 1 heterocycles. The van der Waals surface area contributed by atoms with Crippen LogP contribution in [0.25, 0.3) is 0 Å². The first-order valence-electron chi connectivity index (χ1n) is 6.70. The normalized spacial score (nSPS) is 13.7. The van der Waals surface area contributed by atoms with E-state index in [1.165, 1.54) is 0 Å². The molecule has 0 saturated carbocycles. The molecule has 1 unspecified atom stereocenters. The van der Waals surface area contributed by atoms with E-state index in [4.69, 9.17) is 11.6 Å². The van der Waals surface area contributed by atoms with Crippen molar-refractivity contribution in [2.45, 2.75) is 52.5 Å². The summed E-state index contributed by atoms with van der Waals surface area (Å²) in [4.78, 5) is 0. The predicted molar refractivity (Wildman–Crippen MR) is 79.5 cm³/mol. The number of halogens is 1. The Bertz CT molecular complexity index is 523. The summed E-state index contributed by atoms with van der Waals surface area (Å²) >= 11 is 6.28. The fraction of sp³-hybridized carbons (Fsp3) is 0.769. The smallest absolute Gasteiger partial charge is 0.152 e. The van der Waals surface area contributed by atoms with E-state index < -0.39 is 9.84 Å². The third-order valence-corrected chi connectivity index (χ3v) is 5.60. The van der Waals surface area contributed by atoms with Crippen molar-refractivity contribution in [2.24, 2.45) is 0 Å². The summed E-state index contributed by atoms with van der Waals surface area (Å²) in [5.41, 5.74) is 2.91. The number of sulfone groups is 1. The number of hydrogen-bond acceptors (Lipinski definition) is 3. The number of alkyl halides is 1. The Labute approximate surface area is 121 Å². The van der Waals surface area contributed by atoms with Gasteiger partial charge in [-0.3, -0.25) is 4.68 Å². The molecule has 0 amide bonds. The Kier molecular flexibility index (Phi) is 5.86. The fourth-order valence-electron chi connectivity index (χ4n) is 2.22. The Morgan fingerprint density at radius 2 is 1.89 bits per heavy atom. The summed E-state index contributed by atoms with van der Waals surface area (Å²) in [6.07, 6.45) is 1.49. The van der Waals surface area contributed by atoms with Gasteiger partial charge in [0.2, 0.25) is 0 Å². The number of aryl methyl sites for hydroxylation is 2.